The predicted molar refractivity (Wildman–Crippen MR) is 89.0 cm³/mol. The van der Waals surface area contributed by atoms with Crippen LogP contribution in [0.2, 0.25) is 15.1 Å². The highest BCUT2D eigenvalue weighted by atomic mass is 35.5. The van der Waals surface area contributed by atoms with E-state index in [-0.39, 0.29) is 6.04 Å². The molecule has 0 bridgehead atoms. The molecule has 0 saturated heterocycles. The van der Waals surface area contributed by atoms with Crippen molar-refractivity contribution in [3.8, 4) is 0 Å². The van der Waals surface area contributed by atoms with Gasteiger partial charge in [0.2, 0.25) is 0 Å². The quantitative estimate of drug-likeness (QED) is 0.656. The van der Waals surface area contributed by atoms with E-state index in [2.05, 4.69) is 26.1 Å². The van der Waals surface area contributed by atoms with Crippen LogP contribution in [-0.4, -0.2) is 6.04 Å². The van der Waals surface area contributed by atoms with Gasteiger partial charge < -0.3 is 5.32 Å². The third kappa shape index (κ3) is 3.62. The van der Waals surface area contributed by atoms with Gasteiger partial charge in [-0.1, -0.05) is 54.7 Å². The number of benzene rings is 1. The lowest BCUT2D eigenvalue weighted by Gasteiger charge is -2.35. The zero-order chi connectivity index (χ0) is 14.9. The highest BCUT2D eigenvalue weighted by molar-refractivity contribution is 6.48. The van der Waals surface area contributed by atoms with Crippen molar-refractivity contribution in [3.63, 3.8) is 0 Å². The first-order valence-electron chi connectivity index (χ1n) is 7.29. The van der Waals surface area contributed by atoms with Crippen molar-refractivity contribution < 1.29 is 0 Å². The first-order valence-corrected chi connectivity index (χ1v) is 8.43. The van der Waals surface area contributed by atoms with E-state index in [1.165, 1.54) is 19.3 Å². The van der Waals surface area contributed by atoms with Crippen molar-refractivity contribution in [1.29, 1.82) is 0 Å². The number of halogens is 3. The van der Waals surface area contributed by atoms with Crippen molar-refractivity contribution in [2.45, 2.75) is 52.1 Å². The largest absolute Gasteiger partial charge is 0.307 e. The average molecular weight is 335 g/mol. The van der Waals surface area contributed by atoms with Gasteiger partial charge in [0.1, 0.15) is 0 Å². The summed E-state index contributed by atoms with van der Waals surface area (Å²) in [5.41, 5.74) is 1.02. The second kappa shape index (κ2) is 6.87. The van der Waals surface area contributed by atoms with Gasteiger partial charge >= 0.3 is 0 Å². The van der Waals surface area contributed by atoms with Crippen LogP contribution in [0.5, 0.6) is 0 Å². The maximum atomic E-state index is 6.31. The van der Waals surface area contributed by atoms with Crippen LogP contribution in [0.25, 0.3) is 0 Å². The van der Waals surface area contributed by atoms with Gasteiger partial charge in [0.15, 0.2) is 0 Å². The molecule has 0 heterocycles. The van der Waals surface area contributed by atoms with Crippen LogP contribution in [0, 0.1) is 11.8 Å². The molecule has 1 fully saturated rings. The van der Waals surface area contributed by atoms with Gasteiger partial charge in [-0.15, -0.1) is 0 Å². The minimum absolute atomic E-state index is 0.179. The van der Waals surface area contributed by atoms with Gasteiger partial charge in [0, 0.05) is 12.1 Å². The second-order valence-corrected chi connectivity index (χ2v) is 7.32. The molecule has 0 amide bonds. The van der Waals surface area contributed by atoms with E-state index >= 15 is 0 Å². The maximum absolute atomic E-state index is 6.31. The van der Waals surface area contributed by atoms with Crippen LogP contribution in [0.4, 0.5) is 0 Å². The SMILES string of the molecule is CC1CCC(NC(C)c2ccc(Cl)c(Cl)c2Cl)C(C)C1. The van der Waals surface area contributed by atoms with E-state index in [1.54, 1.807) is 0 Å². The lowest BCUT2D eigenvalue weighted by molar-refractivity contribution is 0.216. The van der Waals surface area contributed by atoms with Crippen LogP contribution >= 0.6 is 34.8 Å². The molecule has 0 radical (unpaired) electrons. The summed E-state index contributed by atoms with van der Waals surface area (Å²) in [5.74, 6) is 1.54. The molecule has 1 aliphatic rings. The van der Waals surface area contributed by atoms with Gasteiger partial charge in [-0.2, -0.15) is 0 Å². The van der Waals surface area contributed by atoms with Crippen molar-refractivity contribution in [2.75, 3.05) is 0 Å². The van der Waals surface area contributed by atoms with Gasteiger partial charge in [-0.25, -0.2) is 0 Å². The molecule has 4 heteroatoms. The van der Waals surface area contributed by atoms with E-state index in [0.29, 0.717) is 27.0 Å². The zero-order valence-corrected chi connectivity index (χ0v) is 14.5. The van der Waals surface area contributed by atoms with Crippen molar-refractivity contribution in [2.24, 2.45) is 11.8 Å². The molecule has 1 N–H and O–H groups in total. The molecule has 112 valence electrons. The molecule has 1 aliphatic carbocycles. The molecule has 4 unspecified atom stereocenters. The predicted octanol–water partition coefficient (Wildman–Crippen LogP) is 6.12. The molecule has 1 nitrogen and oxygen atoms in total. The Morgan fingerprint density at radius 1 is 1.10 bits per heavy atom. The van der Waals surface area contributed by atoms with Crippen LogP contribution in [0.3, 0.4) is 0 Å². The normalized spacial score (nSPS) is 28.4. The van der Waals surface area contributed by atoms with Gasteiger partial charge in [-0.3, -0.25) is 0 Å². The Balaban J connectivity index is 2.09. The first kappa shape index (κ1) is 16.4. The smallest absolute Gasteiger partial charge is 0.0781 e. The summed E-state index contributed by atoms with van der Waals surface area (Å²) in [4.78, 5) is 0. The summed E-state index contributed by atoms with van der Waals surface area (Å²) in [5, 5.41) is 5.23. The third-order valence-electron chi connectivity index (χ3n) is 4.43. The van der Waals surface area contributed by atoms with E-state index in [4.69, 9.17) is 34.8 Å². The maximum Gasteiger partial charge on any atom is 0.0781 e. The van der Waals surface area contributed by atoms with Crippen LogP contribution < -0.4 is 5.32 Å². The Labute approximate surface area is 137 Å². The van der Waals surface area contributed by atoms with Gasteiger partial charge in [0.05, 0.1) is 15.1 Å². The Morgan fingerprint density at radius 2 is 1.80 bits per heavy atom. The Hall–Kier alpha value is 0.0500. The summed E-state index contributed by atoms with van der Waals surface area (Å²) in [6, 6.07) is 4.50. The molecular weight excluding hydrogens is 313 g/mol. The summed E-state index contributed by atoms with van der Waals surface area (Å²) in [7, 11) is 0. The molecule has 4 atom stereocenters. The molecule has 2 rings (SSSR count). The fourth-order valence-electron chi connectivity index (χ4n) is 3.20. The van der Waals surface area contributed by atoms with Crippen molar-refractivity contribution in [1.82, 2.24) is 5.32 Å². The monoisotopic (exact) mass is 333 g/mol. The van der Waals surface area contributed by atoms with E-state index in [1.807, 2.05) is 12.1 Å². The third-order valence-corrected chi connectivity index (χ3v) is 5.74. The number of hydrogen-bond donors (Lipinski definition) is 1. The summed E-state index contributed by atoms with van der Waals surface area (Å²) >= 11 is 18.4. The lowest BCUT2D eigenvalue weighted by atomic mass is 9.79. The fourth-order valence-corrected chi connectivity index (χ4v) is 3.91. The Morgan fingerprint density at radius 3 is 2.45 bits per heavy atom. The molecule has 1 saturated carbocycles. The number of rotatable bonds is 3. The van der Waals surface area contributed by atoms with Crippen molar-refractivity contribution >= 4 is 34.8 Å². The molecule has 0 spiro atoms. The topological polar surface area (TPSA) is 12.0 Å². The summed E-state index contributed by atoms with van der Waals surface area (Å²) in [6.07, 6.45) is 3.81. The Bertz CT molecular complexity index is 475. The van der Waals surface area contributed by atoms with Crippen LogP contribution in [0.1, 0.15) is 51.6 Å². The summed E-state index contributed by atoms with van der Waals surface area (Å²) < 4.78 is 0. The zero-order valence-electron chi connectivity index (χ0n) is 12.2. The number of hydrogen-bond acceptors (Lipinski definition) is 1. The van der Waals surface area contributed by atoms with Gasteiger partial charge in [-0.05, 0) is 49.7 Å². The highest BCUT2D eigenvalue weighted by Crippen LogP contribution is 2.36. The van der Waals surface area contributed by atoms with Crippen LogP contribution in [0.15, 0.2) is 12.1 Å². The van der Waals surface area contributed by atoms with Gasteiger partial charge in [0.25, 0.3) is 0 Å². The molecule has 1 aromatic rings. The van der Waals surface area contributed by atoms with E-state index in [0.717, 1.165) is 11.5 Å². The standard InChI is InChI=1S/C16H22Cl3N/c1-9-4-7-14(10(2)8-9)20-11(3)12-5-6-13(17)16(19)15(12)18/h5-6,9-11,14,20H,4,7-8H2,1-3H3. The van der Waals surface area contributed by atoms with Crippen molar-refractivity contribution in [3.05, 3.63) is 32.8 Å². The van der Waals surface area contributed by atoms with Crippen LogP contribution in [-0.2, 0) is 0 Å². The average Bonchev–Trinajstić information content (AvgIpc) is 2.39. The second-order valence-electron chi connectivity index (χ2n) is 6.15. The first-order chi connectivity index (χ1) is 9.40. The molecule has 0 aromatic heterocycles. The lowest BCUT2D eigenvalue weighted by Crippen LogP contribution is -2.40. The number of nitrogens with one attached hydrogen (secondary N) is 1. The van der Waals surface area contributed by atoms with E-state index < -0.39 is 0 Å². The minimum Gasteiger partial charge on any atom is -0.307 e. The highest BCUT2D eigenvalue weighted by Gasteiger charge is 2.27. The molecule has 1 aromatic carbocycles. The molecule has 0 aliphatic heterocycles. The fraction of sp³-hybridized carbons (Fsp3) is 0.625. The van der Waals surface area contributed by atoms with E-state index in [9.17, 15) is 0 Å². The Kier molecular flexibility index (Phi) is 5.64. The molecular formula is C16H22Cl3N. The molecule has 20 heavy (non-hydrogen) atoms. The summed E-state index contributed by atoms with van der Waals surface area (Å²) in [6.45, 7) is 6.80. The minimum atomic E-state index is 0.179.